The Balaban J connectivity index is 1.63. The first-order valence-corrected chi connectivity index (χ1v) is 9.89. The number of aromatic nitrogens is 3. The van der Waals surface area contributed by atoms with Crippen LogP contribution in [0.5, 0.6) is 5.75 Å². The van der Waals surface area contributed by atoms with E-state index in [0.29, 0.717) is 11.4 Å². The molecule has 0 aliphatic rings. The number of amides is 1. The van der Waals surface area contributed by atoms with E-state index in [9.17, 15) is 9.59 Å². The van der Waals surface area contributed by atoms with Crippen LogP contribution in [0.2, 0.25) is 0 Å². The minimum Gasteiger partial charge on any atom is -0.492 e. The number of ether oxygens (including phenoxy) is 1. The van der Waals surface area contributed by atoms with Crippen LogP contribution in [0, 0.1) is 0 Å². The van der Waals surface area contributed by atoms with Gasteiger partial charge in [0.2, 0.25) is 0 Å². The maximum Gasteiger partial charge on any atom is 0.276 e. The van der Waals surface area contributed by atoms with Crippen molar-refractivity contribution in [2.45, 2.75) is 20.4 Å². The Hall–Kier alpha value is -3.68. The van der Waals surface area contributed by atoms with Crippen molar-refractivity contribution in [2.24, 2.45) is 0 Å². The van der Waals surface area contributed by atoms with Crippen LogP contribution in [0.15, 0.2) is 65.6 Å². The molecule has 2 heterocycles. The van der Waals surface area contributed by atoms with Gasteiger partial charge in [-0.25, -0.2) is 9.67 Å². The van der Waals surface area contributed by atoms with Crippen molar-refractivity contribution < 1.29 is 9.53 Å². The fourth-order valence-corrected chi connectivity index (χ4v) is 2.89. The first-order chi connectivity index (χ1) is 14.6. The predicted octanol–water partition coefficient (Wildman–Crippen LogP) is 2.82. The van der Waals surface area contributed by atoms with E-state index in [2.05, 4.69) is 34.1 Å². The van der Waals surface area contributed by atoms with Gasteiger partial charge in [0.15, 0.2) is 0 Å². The van der Waals surface area contributed by atoms with E-state index in [4.69, 9.17) is 4.74 Å². The molecule has 8 nitrogen and oxygen atoms in total. The third-order valence-electron chi connectivity index (χ3n) is 4.51. The van der Waals surface area contributed by atoms with Crippen LogP contribution in [0.3, 0.4) is 0 Å². The second-order valence-corrected chi connectivity index (χ2v) is 6.47. The Labute approximate surface area is 175 Å². The number of nitrogens with one attached hydrogen (secondary N) is 1. The molecule has 30 heavy (non-hydrogen) atoms. The molecule has 0 aliphatic heterocycles. The quantitative estimate of drug-likeness (QED) is 0.587. The first kappa shape index (κ1) is 21.0. The van der Waals surface area contributed by atoms with E-state index in [1.165, 1.54) is 16.8 Å². The molecule has 0 atom stereocenters. The summed E-state index contributed by atoms with van der Waals surface area (Å²) in [5, 5.41) is 6.92. The van der Waals surface area contributed by atoms with Crippen molar-refractivity contribution in [3.63, 3.8) is 0 Å². The summed E-state index contributed by atoms with van der Waals surface area (Å²) in [6.45, 7) is 6.33. The number of hydrogen-bond donors (Lipinski definition) is 1. The molecule has 2 aromatic heterocycles. The van der Waals surface area contributed by atoms with Crippen LogP contribution in [0.4, 0.5) is 11.5 Å². The van der Waals surface area contributed by atoms with Gasteiger partial charge >= 0.3 is 0 Å². The number of carbonyl (C=O) groups excluding carboxylic acids is 1. The van der Waals surface area contributed by atoms with Crippen molar-refractivity contribution >= 4 is 17.4 Å². The molecule has 8 heteroatoms. The molecule has 0 radical (unpaired) electrons. The minimum atomic E-state index is -0.412. The molecule has 0 saturated carbocycles. The molecule has 0 bridgehead atoms. The summed E-state index contributed by atoms with van der Waals surface area (Å²) in [5.41, 5.74) is 0.401. The standard InChI is InChI=1S/C22H25N5O3/c1-3-26(4-2)20-12-10-17(16-23-20)24-22(29)19-11-13-21(28)27(25-19)14-15-30-18-8-6-5-7-9-18/h5-13,16H,3-4,14-15H2,1-2H3,(H,24,29). The maximum absolute atomic E-state index is 12.5. The van der Waals surface area contributed by atoms with Gasteiger partial charge in [-0.1, -0.05) is 18.2 Å². The van der Waals surface area contributed by atoms with Crippen molar-refractivity contribution in [1.82, 2.24) is 14.8 Å². The number of nitrogens with zero attached hydrogens (tertiary/aromatic N) is 4. The van der Waals surface area contributed by atoms with Crippen molar-refractivity contribution in [2.75, 3.05) is 29.9 Å². The fraction of sp³-hybridized carbons (Fsp3) is 0.273. The number of pyridine rings is 1. The molecule has 0 unspecified atom stereocenters. The smallest absolute Gasteiger partial charge is 0.276 e. The minimum absolute atomic E-state index is 0.141. The van der Waals surface area contributed by atoms with Gasteiger partial charge in [-0.2, -0.15) is 5.10 Å². The first-order valence-electron chi connectivity index (χ1n) is 9.89. The highest BCUT2D eigenvalue weighted by Crippen LogP contribution is 2.14. The highest BCUT2D eigenvalue weighted by molar-refractivity contribution is 6.02. The molecule has 1 aromatic carbocycles. The van der Waals surface area contributed by atoms with E-state index in [0.717, 1.165) is 18.9 Å². The van der Waals surface area contributed by atoms with Gasteiger partial charge in [0.1, 0.15) is 23.9 Å². The van der Waals surface area contributed by atoms with Gasteiger partial charge in [-0.15, -0.1) is 0 Å². The molecule has 1 N–H and O–H groups in total. The molecule has 3 aromatic rings. The summed E-state index contributed by atoms with van der Waals surface area (Å²) >= 11 is 0. The Bertz CT molecular complexity index is 1010. The largest absolute Gasteiger partial charge is 0.492 e. The number of hydrogen-bond acceptors (Lipinski definition) is 6. The summed E-state index contributed by atoms with van der Waals surface area (Å²) < 4.78 is 6.82. The zero-order chi connectivity index (χ0) is 21.3. The van der Waals surface area contributed by atoms with Gasteiger partial charge in [-0.05, 0) is 44.2 Å². The predicted molar refractivity (Wildman–Crippen MR) is 116 cm³/mol. The third kappa shape index (κ3) is 5.44. The lowest BCUT2D eigenvalue weighted by molar-refractivity contribution is 0.101. The summed E-state index contributed by atoms with van der Waals surface area (Å²) in [4.78, 5) is 31.1. The monoisotopic (exact) mass is 407 g/mol. The maximum atomic E-state index is 12.5. The van der Waals surface area contributed by atoms with Crippen molar-refractivity contribution in [1.29, 1.82) is 0 Å². The van der Waals surface area contributed by atoms with Crippen LogP contribution >= 0.6 is 0 Å². The zero-order valence-electron chi connectivity index (χ0n) is 17.1. The topological polar surface area (TPSA) is 89.4 Å². The molecule has 0 aliphatic carbocycles. The summed E-state index contributed by atoms with van der Waals surface area (Å²) in [6.07, 6.45) is 1.61. The van der Waals surface area contributed by atoms with E-state index in [-0.39, 0.29) is 24.4 Å². The summed E-state index contributed by atoms with van der Waals surface area (Å²) in [5.74, 6) is 1.15. The van der Waals surface area contributed by atoms with Crippen LogP contribution in [-0.4, -0.2) is 40.4 Å². The van der Waals surface area contributed by atoms with Gasteiger partial charge in [0.25, 0.3) is 11.5 Å². The van der Waals surface area contributed by atoms with E-state index in [1.54, 1.807) is 12.3 Å². The van der Waals surface area contributed by atoms with Crippen LogP contribution in [-0.2, 0) is 6.54 Å². The Morgan fingerprint density at radius 3 is 2.50 bits per heavy atom. The van der Waals surface area contributed by atoms with Crippen molar-refractivity contribution in [3.8, 4) is 5.75 Å². The molecule has 3 rings (SSSR count). The van der Waals surface area contributed by atoms with E-state index >= 15 is 0 Å². The number of para-hydroxylation sites is 1. The lowest BCUT2D eigenvalue weighted by Gasteiger charge is -2.19. The SMILES string of the molecule is CCN(CC)c1ccc(NC(=O)c2ccc(=O)n(CCOc3ccccc3)n2)cn1. The zero-order valence-corrected chi connectivity index (χ0v) is 17.1. The molecule has 156 valence electrons. The number of rotatable bonds is 9. The molecule has 0 fully saturated rings. The number of benzene rings is 1. The highest BCUT2D eigenvalue weighted by Gasteiger charge is 2.11. The molecule has 0 saturated heterocycles. The number of carbonyl (C=O) groups is 1. The third-order valence-corrected chi connectivity index (χ3v) is 4.51. The van der Waals surface area contributed by atoms with E-state index < -0.39 is 5.91 Å². The normalized spacial score (nSPS) is 10.5. The van der Waals surface area contributed by atoms with Crippen LogP contribution < -0.4 is 20.5 Å². The van der Waals surface area contributed by atoms with E-state index in [1.807, 2.05) is 36.4 Å². The Morgan fingerprint density at radius 1 is 1.07 bits per heavy atom. The Kier molecular flexibility index (Phi) is 7.15. The van der Waals surface area contributed by atoms with Gasteiger partial charge in [0.05, 0.1) is 18.4 Å². The molecule has 1 amide bonds. The lowest BCUT2D eigenvalue weighted by Crippen LogP contribution is -2.28. The Morgan fingerprint density at radius 2 is 1.83 bits per heavy atom. The highest BCUT2D eigenvalue weighted by atomic mass is 16.5. The second kappa shape index (κ2) is 10.2. The molecular formula is C22H25N5O3. The summed E-state index contributed by atoms with van der Waals surface area (Å²) in [6, 6.07) is 15.7. The van der Waals surface area contributed by atoms with Crippen LogP contribution in [0.1, 0.15) is 24.3 Å². The fourth-order valence-electron chi connectivity index (χ4n) is 2.89. The lowest BCUT2D eigenvalue weighted by atomic mass is 10.3. The van der Waals surface area contributed by atoms with Crippen molar-refractivity contribution in [3.05, 3.63) is 76.8 Å². The summed E-state index contributed by atoms with van der Waals surface area (Å²) in [7, 11) is 0. The molecule has 0 spiro atoms. The average molecular weight is 407 g/mol. The average Bonchev–Trinajstić information content (AvgIpc) is 2.77. The van der Waals surface area contributed by atoms with Crippen LogP contribution in [0.25, 0.3) is 0 Å². The number of anilines is 2. The second-order valence-electron chi connectivity index (χ2n) is 6.47. The molecular weight excluding hydrogens is 382 g/mol. The van der Waals surface area contributed by atoms with Gasteiger partial charge < -0.3 is 15.0 Å². The van der Waals surface area contributed by atoms with Gasteiger partial charge in [-0.3, -0.25) is 9.59 Å². The van der Waals surface area contributed by atoms with Gasteiger partial charge in [0, 0.05) is 19.2 Å².